The molecule has 0 saturated carbocycles. The minimum Gasteiger partial charge on any atom is -0.444 e. The first-order chi connectivity index (χ1) is 14.5. The van der Waals surface area contributed by atoms with Crippen molar-refractivity contribution in [3.05, 3.63) is 65.1 Å². The van der Waals surface area contributed by atoms with Crippen LogP contribution in [0.1, 0.15) is 37.6 Å². The van der Waals surface area contributed by atoms with Crippen molar-refractivity contribution in [1.29, 1.82) is 0 Å². The summed E-state index contributed by atoms with van der Waals surface area (Å²) in [6, 6.07) is 10.7. The van der Waals surface area contributed by atoms with Gasteiger partial charge in [-0.15, -0.1) is 0 Å². The second-order valence-corrected chi connectivity index (χ2v) is 10.6. The monoisotopic (exact) mass is 444 g/mol. The molecule has 0 bridgehead atoms. The van der Waals surface area contributed by atoms with Gasteiger partial charge in [-0.1, -0.05) is 17.7 Å². The van der Waals surface area contributed by atoms with Gasteiger partial charge in [0.05, 0.1) is 22.7 Å². The Morgan fingerprint density at radius 1 is 1.10 bits per heavy atom. The maximum atomic E-state index is 14.1. The van der Waals surface area contributed by atoms with Gasteiger partial charge in [0, 0.05) is 11.9 Å². The molecule has 0 spiro atoms. The van der Waals surface area contributed by atoms with Crippen LogP contribution in [-0.2, 0) is 27.7 Å². The number of rotatable bonds is 2. The summed E-state index contributed by atoms with van der Waals surface area (Å²) in [4.78, 5) is 14.2. The van der Waals surface area contributed by atoms with E-state index >= 15 is 0 Å². The van der Waals surface area contributed by atoms with E-state index in [0.29, 0.717) is 24.0 Å². The lowest BCUT2D eigenvalue weighted by Crippen LogP contribution is -2.40. The summed E-state index contributed by atoms with van der Waals surface area (Å²) in [5, 5.41) is 0.677. The largest absolute Gasteiger partial charge is 0.444 e. The predicted octanol–water partition coefficient (Wildman–Crippen LogP) is 4.62. The molecule has 8 heteroatoms. The Kier molecular flexibility index (Phi) is 5.08. The van der Waals surface area contributed by atoms with E-state index in [1.807, 2.05) is 6.92 Å². The van der Waals surface area contributed by atoms with E-state index in [9.17, 15) is 17.6 Å². The van der Waals surface area contributed by atoms with Crippen molar-refractivity contribution in [2.75, 3.05) is 6.54 Å². The molecule has 0 unspecified atom stereocenters. The maximum absolute atomic E-state index is 14.1. The number of aromatic nitrogens is 1. The van der Waals surface area contributed by atoms with Crippen LogP contribution in [0.25, 0.3) is 10.9 Å². The number of hydrogen-bond donors (Lipinski definition) is 0. The van der Waals surface area contributed by atoms with Gasteiger partial charge in [0.2, 0.25) is 0 Å². The number of halogens is 1. The molecule has 3 aromatic rings. The number of hydrogen-bond acceptors (Lipinski definition) is 4. The van der Waals surface area contributed by atoms with Crippen LogP contribution >= 0.6 is 0 Å². The molecule has 4 rings (SSSR count). The normalized spacial score (nSPS) is 14.5. The number of carbonyl (C=O) groups excluding carboxylic acids is 1. The van der Waals surface area contributed by atoms with Gasteiger partial charge in [0.1, 0.15) is 11.4 Å². The average molecular weight is 445 g/mol. The molecule has 1 amide bonds. The van der Waals surface area contributed by atoms with Crippen molar-refractivity contribution >= 4 is 27.0 Å². The zero-order valence-electron chi connectivity index (χ0n) is 18.0. The van der Waals surface area contributed by atoms with E-state index in [4.69, 9.17) is 4.74 Å². The summed E-state index contributed by atoms with van der Waals surface area (Å²) in [5.41, 5.74) is 1.81. The first-order valence-corrected chi connectivity index (χ1v) is 11.5. The molecule has 1 aromatic heterocycles. The molecule has 2 aromatic carbocycles. The standard InChI is InChI=1S/C23H25FN2O4S/c1-15-5-8-17(9-6-15)31(28,29)26-20-13-16(24)7-10-18(20)19-11-12-25(14-21(19)26)22(27)30-23(2,3)4/h5-10,13H,11-12,14H2,1-4H3. The molecular weight excluding hydrogens is 419 g/mol. The van der Waals surface area contributed by atoms with Gasteiger partial charge in [-0.2, -0.15) is 0 Å². The van der Waals surface area contributed by atoms with Crippen molar-refractivity contribution < 1.29 is 22.3 Å². The second-order valence-electron chi connectivity index (χ2n) is 8.82. The van der Waals surface area contributed by atoms with Crippen molar-refractivity contribution in [3.8, 4) is 0 Å². The topological polar surface area (TPSA) is 68.6 Å². The van der Waals surface area contributed by atoms with Crippen LogP contribution < -0.4 is 0 Å². The Morgan fingerprint density at radius 2 is 1.77 bits per heavy atom. The van der Waals surface area contributed by atoms with Crippen molar-refractivity contribution in [2.24, 2.45) is 0 Å². The van der Waals surface area contributed by atoms with Gasteiger partial charge in [0.15, 0.2) is 0 Å². The first-order valence-electron chi connectivity index (χ1n) is 10.1. The van der Waals surface area contributed by atoms with Gasteiger partial charge in [-0.3, -0.25) is 0 Å². The van der Waals surface area contributed by atoms with E-state index in [1.165, 1.54) is 33.1 Å². The first kappa shape index (κ1) is 21.4. The third-order valence-electron chi connectivity index (χ3n) is 5.28. The Hall–Kier alpha value is -2.87. The molecule has 31 heavy (non-hydrogen) atoms. The molecule has 2 heterocycles. The number of ether oxygens (including phenoxy) is 1. The highest BCUT2D eigenvalue weighted by atomic mass is 32.2. The number of aryl methyl sites for hydroxylation is 1. The fraction of sp³-hybridized carbons (Fsp3) is 0.348. The molecule has 1 aliphatic heterocycles. The number of benzene rings is 2. The fourth-order valence-electron chi connectivity index (χ4n) is 3.87. The maximum Gasteiger partial charge on any atom is 0.410 e. The molecule has 1 aliphatic rings. The van der Waals surface area contributed by atoms with Gasteiger partial charge in [0.25, 0.3) is 10.0 Å². The fourth-order valence-corrected chi connectivity index (χ4v) is 5.43. The number of nitrogens with zero attached hydrogens (tertiary/aromatic N) is 2. The van der Waals surface area contributed by atoms with E-state index in [2.05, 4.69) is 0 Å². The van der Waals surface area contributed by atoms with Gasteiger partial charge in [-0.25, -0.2) is 21.6 Å². The molecule has 164 valence electrons. The summed E-state index contributed by atoms with van der Waals surface area (Å²) in [6.07, 6.45) is -0.0542. The van der Waals surface area contributed by atoms with Crippen LogP contribution in [0.15, 0.2) is 47.4 Å². The van der Waals surface area contributed by atoms with Crippen LogP contribution in [0, 0.1) is 12.7 Å². The molecule has 0 fully saturated rings. The van der Waals surface area contributed by atoms with Crippen molar-refractivity contribution in [2.45, 2.75) is 51.2 Å². The molecule has 0 aliphatic carbocycles. The number of amides is 1. The Morgan fingerprint density at radius 3 is 2.42 bits per heavy atom. The molecule has 0 atom stereocenters. The van der Waals surface area contributed by atoms with E-state index in [0.717, 1.165) is 11.1 Å². The zero-order chi connectivity index (χ0) is 22.6. The van der Waals surface area contributed by atoms with Crippen LogP contribution in [0.2, 0.25) is 0 Å². The summed E-state index contributed by atoms with van der Waals surface area (Å²) in [5.74, 6) is -0.522. The second kappa shape index (κ2) is 7.37. The van der Waals surface area contributed by atoms with E-state index < -0.39 is 27.5 Å². The highest BCUT2D eigenvalue weighted by Crippen LogP contribution is 2.35. The van der Waals surface area contributed by atoms with Gasteiger partial charge < -0.3 is 9.64 Å². The van der Waals surface area contributed by atoms with Gasteiger partial charge in [-0.05, 0) is 70.0 Å². The van der Waals surface area contributed by atoms with E-state index in [1.54, 1.807) is 39.0 Å². The molecular formula is C23H25FN2O4S. The summed E-state index contributed by atoms with van der Waals surface area (Å²) < 4.78 is 48.0. The SMILES string of the molecule is Cc1ccc(S(=O)(=O)n2c3c(c4ccc(F)cc42)CCN(C(=O)OC(C)(C)C)C3)cc1. The highest BCUT2D eigenvalue weighted by molar-refractivity contribution is 7.90. The highest BCUT2D eigenvalue weighted by Gasteiger charge is 2.33. The molecule has 0 N–H and O–H groups in total. The van der Waals surface area contributed by atoms with Crippen molar-refractivity contribution in [3.63, 3.8) is 0 Å². The van der Waals surface area contributed by atoms with Gasteiger partial charge >= 0.3 is 6.09 Å². The quantitative estimate of drug-likeness (QED) is 0.578. The summed E-state index contributed by atoms with van der Waals surface area (Å²) in [7, 11) is -4.01. The lowest BCUT2D eigenvalue weighted by Gasteiger charge is -2.30. The van der Waals surface area contributed by atoms with E-state index in [-0.39, 0.29) is 17.0 Å². The Balaban J connectivity index is 1.88. The Labute approximate surface area is 181 Å². The lowest BCUT2D eigenvalue weighted by molar-refractivity contribution is 0.0221. The van der Waals surface area contributed by atoms with Crippen LogP contribution in [-0.4, -0.2) is 35.5 Å². The number of carbonyl (C=O) groups is 1. The van der Waals surface area contributed by atoms with Crippen LogP contribution in [0.4, 0.5) is 9.18 Å². The summed E-state index contributed by atoms with van der Waals surface area (Å²) >= 11 is 0. The van der Waals surface area contributed by atoms with Crippen LogP contribution in [0.3, 0.4) is 0 Å². The molecule has 0 radical (unpaired) electrons. The molecule has 0 saturated heterocycles. The van der Waals surface area contributed by atoms with Crippen LogP contribution in [0.5, 0.6) is 0 Å². The number of fused-ring (bicyclic) bond motifs is 3. The smallest absolute Gasteiger partial charge is 0.410 e. The van der Waals surface area contributed by atoms with Crippen molar-refractivity contribution in [1.82, 2.24) is 8.87 Å². The average Bonchev–Trinajstić information content (AvgIpc) is 3.00. The third-order valence-corrected chi connectivity index (χ3v) is 7.05. The summed E-state index contributed by atoms with van der Waals surface area (Å²) in [6.45, 7) is 7.66. The minimum atomic E-state index is -4.01. The Bertz CT molecular complexity index is 1270. The zero-order valence-corrected chi connectivity index (χ0v) is 18.8. The third kappa shape index (κ3) is 3.92. The minimum absolute atomic E-state index is 0.0611. The lowest BCUT2D eigenvalue weighted by atomic mass is 10.0. The predicted molar refractivity (Wildman–Crippen MR) is 116 cm³/mol. The molecule has 6 nitrogen and oxygen atoms in total.